The van der Waals surface area contributed by atoms with Gasteiger partial charge in [0.25, 0.3) is 0 Å². The molecule has 134 valence electrons. The fourth-order valence-electron chi connectivity index (χ4n) is 2.85. The summed E-state index contributed by atoms with van der Waals surface area (Å²) in [6.07, 6.45) is 3.03. The van der Waals surface area contributed by atoms with Crippen molar-refractivity contribution in [1.82, 2.24) is 9.71 Å². The summed E-state index contributed by atoms with van der Waals surface area (Å²) in [5, 5.41) is -0.0868. The second-order valence-electron chi connectivity index (χ2n) is 6.50. The van der Waals surface area contributed by atoms with Crippen LogP contribution in [0.25, 0.3) is 0 Å². The number of aromatic nitrogens is 1. The first-order valence-electron chi connectivity index (χ1n) is 8.20. The van der Waals surface area contributed by atoms with Crippen molar-refractivity contribution in [3.8, 4) is 5.75 Å². The topological polar surface area (TPSA) is 68.3 Å². The molecule has 1 aliphatic rings. The third-order valence-corrected chi connectivity index (χ3v) is 6.46. The van der Waals surface area contributed by atoms with Gasteiger partial charge < -0.3 is 4.74 Å². The van der Waals surface area contributed by atoms with E-state index in [4.69, 9.17) is 16.3 Å². The van der Waals surface area contributed by atoms with E-state index in [1.165, 1.54) is 5.56 Å². The van der Waals surface area contributed by atoms with E-state index < -0.39 is 15.3 Å². The van der Waals surface area contributed by atoms with Gasteiger partial charge in [0.2, 0.25) is 10.0 Å². The molecule has 5 nitrogen and oxygen atoms in total. The molecule has 0 saturated heterocycles. The summed E-state index contributed by atoms with van der Waals surface area (Å²) >= 11 is 5.99. The molecular formula is C18H21ClN2O3S. The number of nitrogens with zero attached hydrogens (tertiary/aromatic N) is 1. The molecule has 0 fully saturated rings. The van der Waals surface area contributed by atoms with Gasteiger partial charge in [0.05, 0.1) is 5.25 Å². The molecule has 3 rings (SSSR count). The third-order valence-electron chi connectivity index (χ3n) is 4.27. The largest absolute Gasteiger partial charge is 0.486 e. The molecule has 1 heterocycles. The van der Waals surface area contributed by atoms with Gasteiger partial charge in [0.15, 0.2) is 10.9 Å². The lowest BCUT2D eigenvalue weighted by Gasteiger charge is -2.14. The summed E-state index contributed by atoms with van der Waals surface area (Å²) in [6.45, 7) is 3.76. The first-order valence-corrected chi connectivity index (χ1v) is 10.1. The quantitative estimate of drug-likeness (QED) is 0.782. The van der Waals surface area contributed by atoms with E-state index in [1.807, 2.05) is 12.1 Å². The fraction of sp³-hybridized carbons (Fsp3) is 0.389. The zero-order chi connectivity index (χ0) is 18.0. The molecule has 2 aromatic rings. The molecule has 0 amide bonds. The highest BCUT2D eigenvalue weighted by atomic mass is 35.5. The molecule has 7 heteroatoms. The Morgan fingerprint density at radius 1 is 1.28 bits per heavy atom. The highest BCUT2D eigenvalue weighted by molar-refractivity contribution is 7.90. The summed E-state index contributed by atoms with van der Waals surface area (Å²) in [5.41, 5.74) is 3.36. The fourth-order valence-corrected chi connectivity index (χ4v) is 3.93. The van der Waals surface area contributed by atoms with Crippen molar-refractivity contribution in [3.63, 3.8) is 0 Å². The Bertz CT molecular complexity index is 868. The molecule has 0 bridgehead atoms. The lowest BCUT2D eigenvalue weighted by Crippen LogP contribution is -2.39. The van der Waals surface area contributed by atoms with Crippen LogP contribution in [0.2, 0.25) is 5.15 Å². The lowest BCUT2D eigenvalue weighted by atomic mass is 10.1. The molecule has 0 spiro atoms. The van der Waals surface area contributed by atoms with E-state index in [0.29, 0.717) is 23.9 Å². The van der Waals surface area contributed by atoms with Crippen LogP contribution in [0.5, 0.6) is 5.75 Å². The molecule has 1 aliphatic carbocycles. The summed E-state index contributed by atoms with van der Waals surface area (Å²) in [5.74, 6) is 0.548. The van der Waals surface area contributed by atoms with Crippen molar-refractivity contribution in [2.75, 3.05) is 0 Å². The minimum atomic E-state index is -3.26. The molecule has 0 radical (unpaired) electrons. The molecule has 1 aromatic heterocycles. The van der Waals surface area contributed by atoms with Crippen LogP contribution >= 0.6 is 11.6 Å². The van der Waals surface area contributed by atoms with E-state index in [2.05, 4.69) is 15.8 Å². The minimum Gasteiger partial charge on any atom is -0.486 e. The van der Waals surface area contributed by atoms with Crippen LogP contribution in [0, 0.1) is 0 Å². The van der Waals surface area contributed by atoms with Gasteiger partial charge in [0, 0.05) is 12.2 Å². The summed E-state index contributed by atoms with van der Waals surface area (Å²) in [4.78, 5) is 3.98. The number of fused-ring (bicyclic) bond motifs is 1. The van der Waals surface area contributed by atoms with Gasteiger partial charge in [-0.25, -0.2) is 18.1 Å². The molecule has 0 aliphatic heterocycles. The number of sulfonamides is 1. The second-order valence-corrected chi connectivity index (χ2v) is 9.13. The first-order chi connectivity index (χ1) is 11.8. The number of pyridine rings is 1. The molecule has 1 aromatic carbocycles. The number of halogens is 1. The smallest absolute Gasteiger partial charge is 0.214 e. The Morgan fingerprint density at radius 2 is 2.04 bits per heavy atom. The number of hydrogen-bond acceptors (Lipinski definition) is 4. The van der Waals surface area contributed by atoms with Crippen LogP contribution in [-0.4, -0.2) is 24.7 Å². The van der Waals surface area contributed by atoms with Crippen LogP contribution in [0.15, 0.2) is 36.5 Å². The number of nitrogens with one attached hydrogen (secondary N) is 1. The average molecular weight is 381 g/mol. The summed E-state index contributed by atoms with van der Waals surface area (Å²) < 4.78 is 32.6. The average Bonchev–Trinajstić information content (AvgIpc) is 2.94. The lowest BCUT2D eigenvalue weighted by molar-refractivity contribution is 0.305. The van der Waals surface area contributed by atoms with E-state index in [-0.39, 0.29) is 6.04 Å². The molecular weight excluding hydrogens is 360 g/mol. The van der Waals surface area contributed by atoms with Crippen molar-refractivity contribution >= 4 is 21.6 Å². The van der Waals surface area contributed by atoms with Gasteiger partial charge in [0.1, 0.15) is 6.61 Å². The normalized spacial score (nSPS) is 16.9. The molecule has 25 heavy (non-hydrogen) atoms. The highest BCUT2D eigenvalue weighted by Crippen LogP contribution is 2.26. The predicted molar refractivity (Wildman–Crippen MR) is 98.4 cm³/mol. The SMILES string of the molecule is CC(C)S(=O)(=O)NC1Cc2ccc(COc3cccnc3Cl)cc2C1. The van der Waals surface area contributed by atoms with Gasteiger partial charge in [-0.3, -0.25) is 0 Å². The summed E-state index contributed by atoms with van der Waals surface area (Å²) in [6, 6.07) is 9.59. The Hall–Kier alpha value is -1.63. The number of hydrogen-bond donors (Lipinski definition) is 1. The Morgan fingerprint density at radius 3 is 2.76 bits per heavy atom. The maximum atomic E-state index is 12.0. The second kappa shape index (κ2) is 7.32. The van der Waals surface area contributed by atoms with E-state index in [9.17, 15) is 8.42 Å². The zero-order valence-electron chi connectivity index (χ0n) is 14.2. The van der Waals surface area contributed by atoms with Gasteiger partial charge in [-0.1, -0.05) is 29.8 Å². The van der Waals surface area contributed by atoms with Crippen molar-refractivity contribution in [3.05, 3.63) is 58.4 Å². The predicted octanol–water partition coefficient (Wildman–Crippen LogP) is 3.11. The van der Waals surface area contributed by atoms with Crippen molar-refractivity contribution in [2.45, 2.75) is 44.6 Å². The number of benzene rings is 1. The van der Waals surface area contributed by atoms with Gasteiger partial charge in [-0.05, 0) is 55.5 Å². The minimum absolute atomic E-state index is 0.0775. The Kier molecular flexibility index (Phi) is 5.32. The van der Waals surface area contributed by atoms with E-state index in [1.54, 1.807) is 32.2 Å². The van der Waals surface area contributed by atoms with Gasteiger partial charge >= 0.3 is 0 Å². The Labute approximate surface area is 153 Å². The molecule has 1 unspecified atom stereocenters. The van der Waals surface area contributed by atoms with Crippen LogP contribution in [-0.2, 0) is 29.5 Å². The zero-order valence-corrected chi connectivity index (χ0v) is 15.8. The molecule has 0 saturated carbocycles. The van der Waals surface area contributed by atoms with Gasteiger partial charge in [-0.2, -0.15) is 0 Å². The first kappa shape index (κ1) is 18.2. The Balaban J connectivity index is 1.65. The van der Waals surface area contributed by atoms with E-state index >= 15 is 0 Å². The third kappa shape index (κ3) is 4.32. The maximum Gasteiger partial charge on any atom is 0.214 e. The molecule has 1 N–H and O–H groups in total. The van der Waals surface area contributed by atoms with Crippen LogP contribution in [0.4, 0.5) is 0 Å². The monoisotopic (exact) mass is 380 g/mol. The van der Waals surface area contributed by atoms with Crippen molar-refractivity contribution in [1.29, 1.82) is 0 Å². The highest BCUT2D eigenvalue weighted by Gasteiger charge is 2.27. The van der Waals surface area contributed by atoms with Crippen LogP contribution in [0.3, 0.4) is 0 Å². The summed E-state index contributed by atoms with van der Waals surface area (Å²) in [7, 11) is -3.26. The van der Waals surface area contributed by atoms with E-state index in [0.717, 1.165) is 17.5 Å². The number of rotatable bonds is 6. The van der Waals surface area contributed by atoms with Crippen LogP contribution in [0.1, 0.15) is 30.5 Å². The van der Waals surface area contributed by atoms with Crippen LogP contribution < -0.4 is 9.46 Å². The van der Waals surface area contributed by atoms with Gasteiger partial charge in [-0.15, -0.1) is 0 Å². The standard InChI is InChI=1S/C18H21ClN2O3S/c1-12(2)25(22,23)21-16-9-14-6-5-13(8-15(14)10-16)11-24-17-4-3-7-20-18(17)19/h3-8,12,16,21H,9-11H2,1-2H3. The van der Waals surface area contributed by atoms with Crippen molar-refractivity contribution in [2.24, 2.45) is 0 Å². The number of ether oxygens (including phenoxy) is 1. The van der Waals surface area contributed by atoms with Crippen molar-refractivity contribution < 1.29 is 13.2 Å². The maximum absolute atomic E-state index is 12.0. The molecule has 1 atom stereocenters.